The zero-order valence-corrected chi connectivity index (χ0v) is 23.3. The molecule has 0 aliphatic rings. The Labute approximate surface area is 261 Å². The molecule has 0 amide bonds. The van der Waals surface area contributed by atoms with Gasteiger partial charge in [-0.1, -0.05) is 5.04 Å². The lowest BCUT2D eigenvalue weighted by molar-refractivity contribution is -0.432. The van der Waals surface area contributed by atoms with Crippen LogP contribution >= 0.6 is 12.0 Å². The summed E-state index contributed by atoms with van der Waals surface area (Å²) in [6.45, 7) is -9.07. The Morgan fingerprint density at radius 1 is 0.653 bits per heavy atom. The number of carbonyl (C=O) groups is 3. The minimum absolute atomic E-state index is 0.140. The molecule has 0 bridgehead atoms. The predicted molar refractivity (Wildman–Crippen MR) is 113 cm³/mol. The highest BCUT2D eigenvalue weighted by molar-refractivity contribution is 7.96. The second-order valence-electron chi connectivity index (χ2n) is 8.68. The summed E-state index contributed by atoms with van der Waals surface area (Å²) in [6.07, 6.45) is -13.1. The minimum Gasteiger partial charge on any atom is -0.459 e. The van der Waals surface area contributed by atoms with Gasteiger partial charge in [-0.2, -0.15) is 61.5 Å². The van der Waals surface area contributed by atoms with Crippen LogP contribution in [0.4, 0.5) is 83.4 Å². The molecule has 0 aromatic heterocycles. The zero-order chi connectivity index (χ0) is 39.0. The van der Waals surface area contributed by atoms with E-state index >= 15 is 0 Å². The summed E-state index contributed by atoms with van der Waals surface area (Å²) in [5, 5.41) is 7.82. The van der Waals surface area contributed by atoms with Gasteiger partial charge in [-0.25, -0.2) is 22.8 Å². The lowest BCUT2D eigenvalue weighted by Gasteiger charge is -2.32. The van der Waals surface area contributed by atoms with Crippen molar-refractivity contribution in [3.8, 4) is 12.1 Å². The van der Waals surface area contributed by atoms with Crippen LogP contribution in [0.1, 0.15) is 6.42 Å². The standard InChI is InChI=1S/C20H13F19O9S/c21-2-1-14(26,27)4-44-8(40)3-7(10(41)45-5-15(28,29)19(36,37)17(32,33)12(22)23)9(49-48-47-43)11(42)46-6-16(30,31)20(38,39)18(34,35)13(24)25/h7,9,12-13,43H,3-6H2. The van der Waals surface area contributed by atoms with Crippen molar-refractivity contribution < 1.29 is 127 Å². The van der Waals surface area contributed by atoms with Gasteiger partial charge in [0.1, 0.15) is 11.4 Å². The summed E-state index contributed by atoms with van der Waals surface area (Å²) in [5.74, 6) is -56.3. The number of hydrogen-bond acceptors (Lipinski definition) is 10. The molecular weight excluding hydrogens is 777 g/mol. The van der Waals surface area contributed by atoms with Crippen molar-refractivity contribution >= 4 is 30.0 Å². The Kier molecular flexibility index (Phi) is 15.7. The molecule has 0 aliphatic carbocycles. The van der Waals surface area contributed by atoms with Crippen molar-refractivity contribution in [3.05, 3.63) is 0 Å². The molecule has 2 unspecified atom stereocenters. The summed E-state index contributed by atoms with van der Waals surface area (Å²) < 4.78 is 263. The minimum atomic E-state index is -7.09. The summed E-state index contributed by atoms with van der Waals surface area (Å²) >= 11 is -1.08. The smallest absolute Gasteiger partial charge is 0.381 e. The second-order valence-corrected chi connectivity index (χ2v) is 9.51. The molecule has 29 heteroatoms. The SMILES string of the molecule is O=C(CC(C(=O)OCC(F)(F)C(F)(F)C(F)(F)C(F)F)C(SOOO)C(=O)OCC(F)(F)C(F)(F)C(F)(F)C(F)F)OCC(F)(F)C#CF. The van der Waals surface area contributed by atoms with Crippen molar-refractivity contribution in [3.63, 3.8) is 0 Å². The molecule has 1 N–H and O–H groups in total. The summed E-state index contributed by atoms with van der Waals surface area (Å²) in [4.78, 5) is 36.7. The molecule has 2 atom stereocenters. The van der Waals surface area contributed by atoms with Crippen LogP contribution in [-0.4, -0.2) is 103 Å². The van der Waals surface area contributed by atoms with Gasteiger partial charge in [0.2, 0.25) is 0 Å². The van der Waals surface area contributed by atoms with Crippen molar-refractivity contribution in [2.75, 3.05) is 19.8 Å². The molecule has 0 aromatic rings. The molecule has 0 saturated heterocycles. The third kappa shape index (κ3) is 10.9. The van der Waals surface area contributed by atoms with Crippen molar-refractivity contribution in [1.29, 1.82) is 0 Å². The fraction of sp³-hybridized carbons (Fsp3) is 0.750. The van der Waals surface area contributed by atoms with E-state index in [-0.39, 0.29) is 6.17 Å². The van der Waals surface area contributed by atoms with Crippen molar-refractivity contribution in [2.24, 2.45) is 5.92 Å². The molecule has 9 nitrogen and oxygen atoms in total. The van der Waals surface area contributed by atoms with Crippen LogP contribution in [0, 0.1) is 18.0 Å². The topological polar surface area (TPSA) is 118 Å². The first-order valence-corrected chi connectivity index (χ1v) is 12.2. The van der Waals surface area contributed by atoms with E-state index in [0.29, 0.717) is 5.92 Å². The van der Waals surface area contributed by atoms with Gasteiger partial charge in [0.15, 0.2) is 19.8 Å². The average Bonchev–Trinajstić information content (AvgIpc) is 2.96. The first-order chi connectivity index (χ1) is 21.9. The molecule has 0 fully saturated rings. The highest BCUT2D eigenvalue weighted by Gasteiger charge is 2.77. The first-order valence-electron chi connectivity index (χ1n) is 11.4. The van der Waals surface area contributed by atoms with E-state index in [2.05, 4.69) is 23.6 Å². The van der Waals surface area contributed by atoms with Crippen LogP contribution in [0.15, 0.2) is 0 Å². The van der Waals surface area contributed by atoms with E-state index in [9.17, 15) is 97.8 Å². The Morgan fingerprint density at radius 2 is 1.06 bits per heavy atom. The maximum absolute atomic E-state index is 13.8. The van der Waals surface area contributed by atoms with Gasteiger partial charge < -0.3 is 14.2 Å². The van der Waals surface area contributed by atoms with Gasteiger partial charge in [-0.15, -0.1) is 8.72 Å². The molecular formula is C20H13F19O9S. The summed E-state index contributed by atoms with van der Waals surface area (Å²) in [7, 11) is 0. The Balaban J connectivity index is 6.61. The molecule has 0 rings (SSSR count). The van der Waals surface area contributed by atoms with E-state index in [1.165, 1.54) is 0 Å². The third-order valence-corrected chi connectivity index (χ3v) is 6.07. The molecule has 0 radical (unpaired) electrons. The fourth-order valence-electron chi connectivity index (χ4n) is 2.62. The first kappa shape index (κ1) is 45.9. The molecule has 0 heterocycles. The quantitative estimate of drug-likeness (QED) is 0.0301. The number of rotatable bonds is 20. The Bertz CT molecular complexity index is 1210. The number of esters is 3. The molecule has 0 aromatic carbocycles. The number of ether oxygens (including phenoxy) is 3. The van der Waals surface area contributed by atoms with Crippen LogP contribution in [0.2, 0.25) is 0 Å². The normalized spacial score (nSPS) is 15.0. The van der Waals surface area contributed by atoms with E-state index in [0.717, 1.165) is 0 Å². The Morgan fingerprint density at radius 3 is 1.43 bits per heavy atom. The van der Waals surface area contributed by atoms with Gasteiger partial charge in [-0.3, -0.25) is 14.4 Å². The van der Waals surface area contributed by atoms with Crippen LogP contribution < -0.4 is 0 Å². The van der Waals surface area contributed by atoms with Gasteiger partial charge in [-0.05, 0) is 0 Å². The summed E-state index contributed by atoms with van der Waals surface area (Å²) in [5.41, 5.74) is 0. The maximum atomic E-state index is 13.8. The Hall–Kier alpha value is -3.13. The lowest BCUT2D eigenvalue weighted by atomic mass is 10.0. The largest absolute Gasteiger partial charge is 0.459 e. The molecule has 0 spiro atoms. The fourth-order valence-corrected chi connectivity index (χ4v) is 3.22. The predicted octanol–water partition coefficient (Wildman–Crippen LogP) is 5.97. The monoisotopic (exact) mass is 790 g/mol. The van der Waals surface area contributed by atoms with Gasteiger partial charge in [0, 0.05) is 5.92 Å². The molecule has 0 saturated carbocycles. The van der Waals surface area contributed by atoms with E-state index in [4.69, 9.17) is 5.26 Å². The van der Waals surface area contributed by atoms with Crippen LogP contribution in [-0.2, 0) is 38.0 Å². The van der Waals surface area contributed by atoms with Gasteiger partial charge in [0.05, 0.1) is 24.4 Å². The molecule has 286 valence electrons. The van der Waals surface area contributed by atoms with Crippen molar-refractivity contribution in [2.45, 2.75) is 66.0 Å². The number of alkyl halides is 18. The number of hydrogen-bond donors (Lipinski definition) is 1. The van der Waals surface area contributed by atoms with E-state index < -0.39 is 122 Å². The van der Waals surface area contributed by atoms with Crippen LogP contribution in [0.5, 0.6) is 0 Å². The van der Waals surface area contributed by atoms with Gasteiger partial charge in [0.25, 0.3) is 0 Å². The molecule has 0 aliphatic heterocycles. The van der Waals surface area contributed by atoms with Crippen LogP contribution in [0.25, 0.3) is 0 Å². The molecule has 49 heavy (non-hydrogen) atoms. The third-order valence-electron chi connectivity index (χ3n) is 5.20. The van der Waals surface area contributed by atoms with Gasteiger partial charge >= 0.3 is 72.2 Å². The average molecular weight is 790 g/mol. The highest BCUT2D eigenvalue weighted by atomic mass is 32.2. The van der Waals surface area contributed by atoms with Crippen molar-refractivity contribution in [1.82, 2.24) is 0 Å². The van der Waals surface area contributed by atoms with E-state index in [1.54, 1.807) is 0 Å². The highest BCUT2D eigenvalue weighted by Crippen LogP contribution is 2.50. The number of carbonyl (C=O) groups excluding carboxylic acids is 3. The van der Waals surface area contributed by atoms with E-state index in [1.807, 2.05) is 0 Å². The lowest BCUT2D eigenvalue weighted by Crippen LogP contribution is -2.59. The zero-order valence-electron chi connectivity index (χ0n) is 22.4. The number of halogens is 19. The second kappa shape index (κ2) is 16.7. The summed E-state index contributed by atoms with van der Waals surface area (Å²) in [6, 6.07) is 0. The maximum Gasteiger partial charge on any atom is 0.381 e. The van der Waals surface area contributed by atoms with Crippen LogP contribution in [0.3, 0.4) is 0 Å².